The number of carboxylic acids is 1. The summed E-state index contributed by atoms with van der Waals surface area (Å²) < 4.78 is 0. The summed E-state index contributed by atoms with van der Waals surface area (Å²) in [6, 6.07) is 0. The third kappa shape index (κ3) is 1.46. The van der Waals surface area contributed by atoms with Gasteiger partial charge in [-0.1, -0.05) is 6.92 Å². The van der Waals surface area contributed by atoms with Gasteiger partial charge in [-0.3, -0.25) is 4.79 Å². The Morgan fingerprint density at radius 2 is 1.92 bits per heavy atom. The van der Waals surface area contributed by atoms with Crippen LogP contribution in [0, 0.1) is 11.3 Å². The first-order valence-electron chi connectivity index (χ1n) is 4.82. The van der Waals surface area contributed by atoms with E-state index in [1.54, 1.807) is 13.8 Å². The lowest BCUT2D eigenvalue weighted by Crippen LogP contribution is -2.50. The molecule has 0 heterocycles. The fourth-order valence-electron chi connectivity index (χ4n) is 1.99. The Hall–Kier alpha value is -0.570. The van der Waals surface area contributed by atoms with Gasteiger partial charge in [0.2, 0.25) is 0 Å². The number of rotatable bonds is 4. The third-order valence-corrected chi connectivity index (χ3v) is 3.41. The molecule has 1 aliphatic carbocycles. The average Bonchev–Trinajstić information content (AvgIpc) is 2.84. The van der Waals surface area contributed by atoms with Gasteiger partial charge in [0.1, 0.15) is 0 Å². The van der Waals surface area contributed by atoms with E-state index < -0.39 is 17.0 Å². The standard InChI is InChI=1S/C10H18O3/c1-4-10(13,7-5-6-7)9(2,3)8(11)12/h7,13H,4-6H2,1-3H3,(H,11,12). The van der Waals surface area contributed by atoms with Crippen molar-refractivity contribution in [2.24, 2.45) is 11.3 Å². The molecule has 0 amide bonds. The lowest BCUT2D eigenvalue weighted by atomic mass is 9.70. The van der Waals surface area contributed by atoms with Crippen LogP contribution in [-0.2, 0) is 4.79 Å². The summed E-state index contributed by atoms with van der Waals surface area (Å²) in [6.07, 6.45) is 2.43. The second-order valence-electron chi connectivity index (χ2n) is 4.48. The third-order valence-electron chi connectivity index (χ3n) is 3.41. The number of carbonyl (C=O) groups is 1. The van der Waals surface area contributed by atoms with Crippen molar-refractivity contribution in [2.45, 2.75) is 45.6 Å². The van der Waals surface area contributed by atoms with Crippen molar-refractivity contribution in [2.75, 3.05) is 0 Å². The number of hydrogen-bond acceptors (Lipinski definition) is 2. The molecule has 1 fully saturated rings. The molecule has 0 aliphatic heterocycles. The van der Waals surface area contributed by atoms with E-state index in [2.05, 4.69) is 0 Å². The highest BCUT2D eigenvalue weighted by molar-refractivity contribution is 5.75. The van der Waals surface area contributed by atoms with Crippen LogP contribution in [0.1, 0.15) is 40.0 Å². The maximum absolute atomic E-state index is 11.0. The smallest absolute Gasteiger partial charge is 0.312 e. The quantitative estimate of drug-likeness (QED) is 0.701. The van der Waals surface area contributed by atoms with E-state index in [0.29, 0.717) is 6.42 Å². The maximum Gasteiger partial charge on any atom is 0.312 e. The maximum atomic E-state index is 11.0. The van der Waals surface area contributed by atoms with Crippen molar-refractivity contribution in [1.29, 1.82) is 0 Å². The normalized spacial score (nSPS) is 22.5. The topological polar surface area (TPSA) is 57.5 Å². The first-order chi connectivity index (χ1) is 5.86. The monoisotopic (exact) mass is 186 g/mol. The van der Waals surface area contributed by atoms with E-state index in [1.165, 1.54) is 0 Å². The van der Waals surface area contributed by atoms with Crippen LogP contribution < -0.4 is 0 Å². The van der Waals surface area contributed by atoms with Gasteiger partial charge in [-0.25, -0.2) is 0 Å². The van der Waals surface area contributed by atoms with Gasteiger partial charge >= 0.3 is 5.97 Å². The SMILES string of the molecule is CCC(O)(C1CC1)C(C)(C)C(=O)O. The van der Waals surface area contributed by atoms with Crippen molar-refractivity contribution in [1.82, 2.24) is 0 Å². The van der Waals surface area contributed by atoms with Gasteiger partial charge in [0.15, 0.2) is 0 Å². The number of hydrogen-bond donors (Lipinski definition) is 2. The first-order valence-corrected chi connectivity index (χ1v) is 4.82. The molecule has 1 unspecified atom stereocenters. The molecule has 3 nitrogen and oxygen atoms in total. The van der Waals surface area contributed by atoms with Crippen LogP contribution in [-0.4, -0.2) is 21.8 Å². The minimum absolute atomic E-state index is 0.184. The molecule has 0 aromatic rings. The van der Waals surface area contributed by atoms with Crippen molar-refractivity contribution in [3.63, 3.8) is 0 Å². The summed E-state index contributed by atoms with van der Waals surface area (Å²) in [6.45, 7) is 5.07. The molecule has 0 saturated heterocycles. The van der Waals surface area contributed by atoms with Gasteiger partial charge in [0, 0.05) is 0 Å². The molecule has 0 bridgehead atoms. The summed E-state index contributed by atoms with van der Waals surface area (Å²) >= 11 is 0. The Balaban J connectivity index is 2.92. The van der Waals surface area contributed by atoms with Crippen molar-refractivity contribution in [3.05, 3.63) is 0 Å². The molecule has 1 saturated carbocycles. The fraction of sp³-hybridized carbons (Fsp3) is 0.900. The lowest BCUT2D eigenvalue weighted by Gasteiger charge is -2.39. The van der Waals surface area contributed by atoms with Crippen LogP contribution in [0.15, 0.2) is 0 Å². The molecule has 2 N–H and O–H groups in total. The van der Waals surface area contributed by atoms with Crippen LogP contribution in [0.2, 0.25) is 0 Å². The van der Waals surface area contributed by atoms with Crippen molar-refractivity contribution < 1.29 is 15.0 Å². The number of aliphatic carboxylic acids is 1. The Morgan fingerprint density at radius 1 is 1.46 bits per heavy atom. The summed E-state index contributed by atoms with van der Waals surface area (Å²) in [5, 5.41) is 19.3. The van der Waals surface area contributed by atoms with Gasteiger partial charge in [0.05, 0.1) is 11.0 Å². The molecule has 13 heavy (non-hydrogen) atoms. The molecular formula is C10H18O3. The summed E-state index contributed by atoms with van der Waals surface area (Å²) in [5.41, 5.74) is -2.07. The second-order valence-corrected chi connectivity index (χ2v) is 4.48. The van der Waals surface area contributed by atoms with E-state index in [-0.39, 0.29) is 5.92 Å². The molecular weight excluding hydrogens is 168 g/mol. The summed E-state index contributed by atoms with van der Waals surface area (Å²) in [4.78, 5) is 11.0. The number of aliphatic hydroxyl groups is 1. The zero-order chi connectivity index (χ0) is 10.3. The Kier molecular flexibility index (Phi) is 2.41. The molecule has 0 aromatic carbocycles. The van der Waals surface area contributed by atoms with Gasteiger partial charge in [-0.05, 0) is 39.0 Å². The molecule has 1 rings (SSSR count). The Labute approximate surface area is 78.8 Å². The van der Waals surface area contributed by atoms with Crippen LogP contribution in [0.5, 0.6) is 0 Å². The van der Waals surface area contributed by atoms with Crippen molar-refractivity contribution >= 4 is 5.97 Å². The van der Waals surface area contributed by atoms with Gasteiger partial charge in [-0.15, -0.1) is 0 Å². The summed E-state index contributed by atoms with van der Waals surface area (Å²) in [5.74, 6) is -0.729. The average molecular weight is 186 g/mol. The highest BCUT2D eigenvalue weighted by Gasteiger charge is 2.55. The predicted molar refractivity (Wildman–Crippen MR) is 49.4 cm³/mol. The molecule has 1 atom stereocenters. The van der Waals surface area contributed by atoms with Crippen LogP contribution in [0.4, 0.5) is 0 Å². The van der Waals surface area contributed by atoms with E-state index >= 15 is 0 Å². The lowest BCUT2D eigenvalue weighted by molar-refractivity contribution is -0.168. The van der Waals surface area contributed by atoms with Crippen LogP contribution >= 0.6 is 0 Å². The Bertz CT molecular complexity index is 218. The van der Waals surface area contributed by atoms with E-state index in [0.717, 1.165) is 12.8 Å². The van der Waals surface area contributed by atoms with Crippen molar-refractivity contribution in [3.8, 4) is 0 Å². The van der Waals surface area contributed by atoms with Gasteiger partial charge in [0.25, 0.3) is 0 Å². The zero-order valence-electron chi connectivity index (χ0n) is 8.50. The first kappa shape index (κ1) is 10.5. The zero-order valence-corrected chi connectivity index (χ0v) is 8.50. The second kappa shape index (κ2) is 2.98. The van der Waals surface area contributed by atoms with Gasteiger partial charge in [-0.2, -0.15) is 0 Å². The minimum atomic E-state index is -1.04. The largest absolute Gasteiger partial charge is 0.481 e. The van der Waals surface area contributed by atoms with Gasteiger partial charge < -0.3 is 10.2 Å². The molecule has 1 aliphatic rings. The van der Waals surface area contributed by atoms with E-state index in [9.17, 15) is 9.90 Å². The minimum Gasteiger partial charge on any atom is -0.481 e. The predicted octanol–water partition coefficient (Wildman–Crippen LogP) is 1.65. The van der Waals surface area contributed by atoms with Crippen LogP contribution in [0.3, 0.4) is 0 Å². The Morgan fingerprint density at radius 3 is 2.15 bits per heavy atom. The highest BCUT2D eigenvalue weighted by Crippen LogP contribution is 2.50. The van der Waals surface area contributed by atoms with E-state index in [4.69, 9.17) is 5.11 Å². The highest BCUT2D eigenvalue weighted by atomic mass is 16.4. The molecule has 3 heteroatoms. The summed E-state index contributed by atoms with van der Waals surface area (Å²) in [7, 11) is 0. The number of carboxylic acid groups (broad SMARTS) is 1. The fourth-order valence-corrected chi connectivity index (χ4v) is 1.99. The van der Waals surface area contributed by atoms with E-state index in [1.807, 2.05) is 6.92 Å². The molecule has 76 valence electrons. The van der Waals surface area contributed by atoms with Crippen LogP contribution in [0.25, 0.3) is 0 Å². The molecule has 0 radical (unpaired) electrons. The molecule has 0 aromatic heterocycles. The molecule has 0 spiro atoms.